The first-order chi connectivity index (χ1) is 18.7. The lowest BCUT2D eigenvalue weighted by Gasteiger charge is -2.61. The lowest BCUT2D eigenvalue weighted by molar-refractivity contribution is -0.176. The zero-order valence-corrected chi connectivity index (χ0v) is 24.3. The number of likely N-dealkylation sites (tertiary alicyclic amines) is 1. The first-order valence-electron chi connectivity index (χ1n) is 14.0. The van der Waals surface area contributed by atoms with Gasteiger partial charge in [-0.2, -0.15) is 0 Å². The summed E-state index contributed by atoms with van der Waals surface area (Å²) in [6.07, 6.45) is 0.962. The molecule has 1 saturated heterocycles. The third-order valence-corrected chi connectivity index (χ3v) is 8.77. The predicted molar refractivity (Wildman–Crippen MR) is 145 cm³/mol. The van der Waals surface area contributed by atoms with Crippen molar-refractivity contribution in [1.82, 2.24) is 10.2 Å². The molecule has 2 aliphatic carbocycles. The highest BCUT2D eigenvalue weighted by Gasteiger charge is 2.71. The second kappa shape index (κ2) is 9.76. The maximum absolute atomic E-state index is 13.1. The number of rotatable bonds is 6. The van der Waals surface area contributed by atoms with Crippen molar-refractivity contribution in [2.45, 2.75) is 95.7 Å². The van der Waals surface area contributed by atoms with Crippen LogP contribution in [0.5, 0.6) is 5.75 Å². The Morgan fingerprint density at radius 3 is 2.65 bits per heavy atom. The first-order valence-corrected chi connectivity index (χ1v) is 14.0. The SMILES string of the molecule is Cc1ccc2c3c1O[C@H]1C(OC(=O)[C@H](C)OC(=O)[C@H](C)CNC(=O)OC(C)(C)C)=CC[C@@]4(O)[C@@H](C2)N(C)CC[C@]314. The molecule has 4 aliphatic rings. The van der Waals surface area contributed by atoms with Gasteiger partial charge in [-0.1, -0.05) is 19.1 Å². The van der Waals surface area contributed by atoms with E-state index in [1.54, 1.807) is 33.8 Å². The zero-order chi connectivity index (χ0) is 29.2. The number of aliphatic hydroxyl groups is 1. The van der Waals surface area contributed by atoms with E-state index in [2.05, 4.69) is 16.3 Å². The highest BCUT2D eigenvalue weighted by Crippen LogP contribution is 2.64. The van der Waals surface area contributed by atoms with Gasteiger partial charge in [-0.25, -0.2) is 9.59 Å². The molecule has 218 valence electrons. The highest BCUT2D eigenvalue weighted by atomic mass is 16.6. The number of likely N-dealkylation sites (N-methyl/N-ethyl adjacent to an activating group) is 1. The van der Waals surface area contributed by atoms with Gasteiger partial charge in [0.25, 0.3) is 0 Å². The van der Waals surface area contributed by atoms with Gasteiger partial charge < -0.3 is 34.3 Å². The third kappa shape index (κ3) is 4.45. The van der Waals surface area contributed by atoms with E-state index < -0.39 is 52.8 Å². The Hall–Kier alpha value is -3.11. The molecule has 1 spiro atoms. The van der Waals surface area contributed by atoms with Gasteiger partial charge in [-0.15, -0.1) is 0 Å². The maximum atomic E-state index is 13.1. The van der Waals surface area contributed by atoms with Crippen LogP contribution in [-0.4, -0.2) is 77.6 Å². The maximum Gasteiger partial charge on any atom is 0.407 e. The number of hydrogen-bond acceptors (Lipinski definition) is 9. The number of nitrogens with one attached hydrogen (secondary N) is 1. The molecule has 1 fully saturated rings. The van der Waals surface area contributed by atoms with Gasteiger partial charge in [0.2, 0.25) is 0 Å². The Labute approximate surface area is 235 Å². The Bertz CT molecular complexity index is 1270. The number of esters is 2. The van der Waals surface area contributed by atoms with Crippen LogP contribution in [0.1, 0.15) is 64.2 Å². The van der Waals surface area contributed by atoms with E-state index in [4.69, 9.17) is 18.9 Å². The summed E-state index contributed by atoms with van der Waals surface area (Å²) in [7, 11) is 2.04. The highest BCUT2D eigenvalue weighted by molar-refractivity contribution is 5.81. The third-order valence-electron chi connectivity index (χ3n) is 8.77. The van der Waals surface area contributed by atoms with Crippen LogP contribution in [0.2, 0.25) is 0 Å². The second-order valence-corrected chi connectivity index (χ2v) is 12.7. The van der Waals surface area contributed by atoms with E-state index in [0.717, 1.165) is 35.4 Å². The summed E-state index contributed by atoms with van der Waals surface area (Å²) in [5.74, 6) is -0.993. The number of nitrogens with zero attached hydrogens (tertiary/aromatic N) is 1. The topological polar surface area (TPSA) is 124 Å². The Morgan fingerprint density at radius 1 is 1.23 bits per heavy atom. The number of carbonyl (C=O) groups excluding carboxylic acids is 3. The largest absolute Gasteiger partial charge is 0.481 e. The van der Waals surface area contributed by atoms with Crippen molar-refractivity contribution in [1.29, 1.82) is 0 Å². The summed E-state index contributed by atoms with van der Waals surface area (Å²) in [6.45, 7) is 11.0. The average Bonchev–Trinajstić information content (AvgIpc) is 3.23. The minimum Gasteiger partial charge on any atom is -0.481 e. The fourth-order valence-electron chi connectivity index (χ4n) is 6.76. The van der Waals surface area contributed by atoms with Crippen molar-refractivity contribution < 1.29 is 38.4 Å². The zero-order valence-electron chi connectivity index (χ0n) is 24.3. The van der Waals surface area contributed by atoms with Crippen molar-refractivity contribution >= 4 is 18.0 Å². The quantitative estimate of drug-likeness (QED) is 0.402. The standard InChI is InChI=1S/C30H40N2O8/c1-16-8-9-19-14-21-30(36)11-10-20(24-29(30,12-13-32(21)7)22(19)23(16)39-24)38-26(34)18(3)37-25(33)17(2)15-31-27(35)40-28(4,5)6/h8-10,17-18,21,24,36H,11-15H2,1-7H3,(H,31,35)/t17-,18+,21-,24+,29+,30-/m1/s1. The van der Waals surface area contributed by atoms with Crippen molar-refractivity contribution in [3.63, 3.8) is 0 Å². The Kier molecular flexibility index (Phi) is 6.94. The molecule has 2 aliphatic heterocycles. The molecular weight excluding hydrogens is 516 g/mol. The lowest BCUT2D eigenvalue weighted by atomic mass is 9.50. The molecule has 0 aromatic heterocycles. The van der Waals surface area contributed by atoms with Crippen LogP contribution in [0, 0.1) is 12.8 Å². The minimum absolute atomic E-state index is 0.00671. The molecule has 2 heterocycles. The molecule has 0 radical (unpaired) electrons. The smallest absolute Gasteiger partial charge is 0.407 e. The molecule has 1 amide bonds. The molecule has 0 unspecified atom stereocenters. The van der Waals surface area contributed by atoms with Gasteiger partial charge in [-0.3, -0.25) is 4.79 Å². The molecule has 2 bridgehead atoms. The van der Waals surface area contributed by atoms with Crippen LogP contribution < -0.4 is 10.1 Å². The van der Waals surface area contributed by atoms with Gasteiger partial charge in [0, 0.05) is 24.6 Å². The van der Waals surface area contributed by atoms with Crippen LogP contribution in [0.4, 0.5) is 4.79 Å². The number of carbonyl (C=O) groups is 3. The molecule has 40 heavy (non-hydrogen) atoms. The molecular formula is C30H40N2O8. The van der Waals surface area contributed by atoms with Gasteiger partial charge in [0.15, 0.2) is 12.2 Å². The van der Waals surface area contributed by atoms with E-state index >= 15 is 0 Å². The van der Waals surface area contributed by atoms with Gasteiger partial charge in [0.1, 0.15) is 17.1 Å². The molecule has 0 saturated carbocycles. The van der Waals surface area contributed by atoms with Gasteiger partial charge >= 0.3 is 18.0 Å². The summed E-state index contributed by atoms with van der Waals surface area (Å²) < 4.78 is 22.9. The first kappa shape index (κ1) is 28.4. The molecule has 1 aromatic rings. The van der Waals surface area contributed by atoms with Crippen molar-refractivity contribution in [2.75, 3.05) is 20.1 Å². The molecule has 2 N–H and O–H groups in total. The molecule has 10 heteroatoms. The average molecular weight is 557 g/mol. The van der Waals surface area contributed by atoms with E-state index in [1.165, 1.54) is 6.92 Å². The minimum atomic E-state index is -1.19. The van der Waals surface area contributed by atoms with Crippen molar-refractivity contribution in [2.24, 2.45) is 5.92 Å². The summed E-state index contributed by atoms with van der Waals surface area (Å²) >= 11 is 0. The second-order valence-electron chi connectivity index (χ2n) is 12.7. The molecule has 6 atom stereocenters. The van der Waals surface area contributed by atoms with E-state index in [1.807, 2.05) is 20.0 Å². The fraction of sp³-hybridized carbons (Fsp3) is 0.633. The number of ether oxygens (including phenoxy) is 4. The number of aryl methyl sites for hydroxylation is 1. The number of hydrogen-bond donors (Lipinski definition) is 2. The Morgan fingerprint density at radius 2 is 1.95 bits per heavy atom. The number of alkyl carbamates (subject to hydrolysis) is 1. The van der Waals surface area contributed by atoms with Gasteiger partial charge in [-0.05, 0) is 78.3 Å². The molecule has 5 rings (SSSR count). The number of benzene rings is 1. The predicted octanol–water partition coefficient (Wildman–Crippen LogP) is 2.91. The van der Waals surface area contributed by atoms with Crippen LogP contribution in [-0.2, 0) is 35.6 Å². The summed E-state index contributed by atoms with van der Waals surface area (Å²) in [5.41, 5.74) is 0.715. The molecule has 1 aromatic carbocycles. The summed E-state index contributed by atoms with van der Waals surface area (Å²) in [5, 5.41) is 14.8. The Balaban J connectivity index is 1.29. The van der Waals surface area contributed by atoms with Crippen molar-refractivity contribution in [3.8, 4) is 5.75 Å². The van der Waals surface area contributed by atoms with Crippen LogP contribution in [0.3, 0.4) is 0 Å². The van der Waals surface area contributed by atoms with Crippen LogP contribution in [0.15, 0.2) is 24.0 Å². The normalized spacial score (nSPS) is 29.8. The van der Waals surface area contributed by atoms with Crippen molar-refractivity contribution in [3.05, 3.63) is 40.7 Å². The number of amides is 1. The summed E-state index contributed by atoms with van der Waals surface area (Å²) in [6, 6.07) is 4.08. The van der Waals surface area contributed by atoms with E-state index in [9.17, 15) is 19.5 Å². The van der Waals surface area contributed by atoms with Crippen LogP contribution >= 0.6 is 0 Å². The fourth-order valence-corrected chi connectivity index (χ4v) is 6.76. The van der Waals surface area contributed by atoms with Gasteiger partial charge in [0.05, 0.1) is 16.9 Å². The van der Waals surface area contributed by atoms with E-state index in [-0.39, 0.29) is 12.6 Å². The van der Waals surface area contributed by atoms with E-state index in [0.29, 0.717) is 18.6 Å². The number of piperidine rings is 1. The monoisotopic (exact) mass is 556 g/mol. The summed E-state index contributed by atoms with van der Waals surface area (Å²) in [4.78, 5) is 39.9. The van der Waals surface area contributed by atoms with Crippen LogP contribution in [0.25, 0.3) is 0 Å². The lowest BCUT2D eigenvalue weighted by Crippen LogP contribution is -2.74. The molecule has 10 nitrogen and oxygen atoms in total.